The zero-order chi connectivity index (χ0) is 9.64. The lowest BCUT2D eigenvalue weighted by atomic mass is 10.1. The summed E-state index contributed by atoms with van der Waals surface area (Å²) >= 11 is 0. The maximum Gasteiger partial charge on any atom is 0.0700 e. The van der Waals surface area contributed by atoms with Crippen molar-refractivity contribution in [1.29, 1.82) is 0 Å². The molecule has 2 saturated heterocycles. The van der Waals surface area contributed by atoms with Gasteiger partial charge in [0.2, 0.25) is 0 Å². The molecule has 2 heterocycles. The van der Waals surface area contributed by atoms with Gasteiger partial charge in [0.25, 0.3) is 0 Å². The summed E-state index contributed by atoms with van der Waals surface area (Å²) in [5.41, 5.74) is 0. The number of ether oxygens (including phenoxy) is 2. The van der Waals surface area contributed by atoms with Crippen molar-refractivity contribution in [2.45, 2.75) is 31.8 Å². The third-order valence-corrected chi connectivity index (χ3v) is 3.15. The van der Waals surface area contributed by atoms with Gasteiger partial charge in [-0.05, 0) is 38.1 Å². The standard InChI is InChI=1S/C11H21NO2/c1-2-11(14-6-1)8-12-5-3-10-4-7-13-9-10/h10-12H,1-9H2. The molecule has 0 saturated carbocycles. The van der Waals surface area contributed by atoms with Crippen molar-refractivity contribution < 1.29 is 9.47 Å². The summed E-state index contributed by atoms with van der Waals surface area (Å²) < 4.78 is 10.9. The van der Waals surface area contributed by atoms with Crippen molar-refractivity contribution in [1.82, 2.24) is 5.32 Å². The highest BCUT2D eigenvalue weighted by molar-refractivity contribution is 4.69. The number of hydrogen-bond donors (Lipinski definition) is 1. The smallest absolute Gasteiger partial charge is 0.0700 e. The largest absolute Gasteiger partial charge is 0.381 e. The van der Waals surface area contributed by atoms with Gasteiger partial charge in [0.15, 0.2) is 0 Å². The molecule has 0 radical (unpaired) electrons. The Morgan fingerprint density at radius 2 is 2.21 bits per heavy atom. The van der Waals surface area contributed by atoms with Gasteiger partial charge < -0.3 is 14.8 Å². The fourth-order valence-electron chi connectivity index (χ4n) is 2.19. The first-order chi connectivity index (χ1) is 6.95. The minimum absolute atomic E-state index is 0.481. The van der Waals surface area contributed by atoms with Crippen LogP contribution >= 0.6 is 0 Å². The van der Waals surface area contributed by atoms with Crippen LogP contribution in [-0.4, -0.2) is 39.0 Å². The van der Waals surface area contributed by atoms with Gasteiger partial charge in [0, 0.05) is 26.4 Å². The molecule has 2 rings (SSSR count). The third kappa shape index (κ3) is 3.23. The maximum absolute atomic E-state index is 5.54. The molecule has 2 aliphatic rings. The summed E-state index contributed by atoms with van der Waals surface area (Å²) in [6.45, 7) is 5.06. The van der Waals surface area contributed by atoms with Crippen molar-refractivity contribution in [3.05, 3.63) is 0 Å². The van der Waals surface area contributed by atoms with Crippen molar-refractivity contribution in [2.24, 2.45) is 5.92 Å². The van der Waals surface area contributed by atoms with Crippen LogP contribution in [0.5, 0.6) is 0 Å². The third-order valence-electron chi connectivity index (χ3n) is 3.15. The number of hydrogen-bond acceptors (Lipinski definition) is 3. The molecule has 0 bridgehead atoms. The second kappa shape index (κ2) is 5.69. The van der Waals surface area contributed by atoms with Gasteiger partial charge in [0.1, 0.15) is 0 Å². The summed E-state index contributed by atoms with van der Waals surface area (Å²) in [6, 6.07) is 0. The minimum atomic E-state index is 0.481. The lowest BCUT2D eigenvalue weighted by molar-refractivity contribution is 0.110. The first-order valence-corrected chi connectivity index (χ1v) is 5.85. The van der Waals surface area contributed by atoms with Gasteiger partial charge >= 0.3 is 0 Å². The quantitative estimate of drug-likeness (QED) is 0.674. The molecule has 2 atom stereocenters. The van der Waals surface area contributed by atoms with Crippen LogP contribution in [0.2, 0.25) is 0 Å². The van der Waals surface area contributed by atoms with Gasteiger partial charge in [-0.2, -0.15) is 0 Å². The molecular weight excluding hydrogens is 178 g/mol. The van der Waals surface area contributed by atoms with E-state index in [2.05, 4.69) is 5.32 Å². The molecule has 0 amide bonds. The van der Waals surface area contributed by atoms with Crippen LogP contribution in [0, 0.1) is 5.92 Å². The molecule has 3 heteroatoms. The average Bonchev–Trinajstić information content (AvgIpc) is 2.86. The van der Waals surface area contributed by atoms with Crippen LogP contribution in [0.25, 0.3) is 0 Å². The highest BCUT2D eigenvalue weighted by Crippen LogP contribution is 2.15. The molecule has 2 fully saturated rings. The predicted molar refractivity (Wildman–Crippen MR) is 55.4 cm³/mol. The van der Waals surface area contributed by atoms with E-state index in [9.17, 15) is 0 Å². The van der Waals surface area contributed by atoms with E-state index in [1.807, 2.05) is 0 Å². The summed E-state index contributed by atoms with van der Waals surface area (Å²) in [6.07, 6.45) is 5.46. The molecule has 82 valence electrons. The maximum atomic E-state index is 5.54. The number of rotatable bonds is 5. The summed E-state index contributed by atoms with van der Waals surface area (Å²) in [7, 11) is 0. The van der Waals surface area contributed by atoms with Crippen LogP contribution < -0.4 is 5.32 Å². The zero-order valence-corrected chi connectivity index (χ0v) is 8.84. The Hall–Kier alpha value is -0.120. The average molecular weight is 199 g/mol. The van der Waals surface area contributed by atoms with Crippen LogP contribution in [0.1, 0.15) is 25.7 Å². The highest BCUT2D eigenvalue weighted by atomic mass is 16.5. The first kappa shape index (κ1) is 10.4. The highest BCUT2D eigenvalue weighted by Gasteiger charge is 2.16. The second-order valence-electron chi connectivity index (χ2n) is 4.36. The second-order valence-corrected chi connectivity index (χ2v) is 4.36. The predicted octanol–water partition coefficient (Wildman–Crippen LogP) is 1.18. The first-order valence-electron chi connectivity index (χ1n) is 5.85. The summed E-state index contributed by atoms with van der Waals surface area (Å²) in [5, 5.41) is 3.47. The summed E-state index contributed by atoms with van der Waals surface area (Å²) in [5.74, 6) is 0.798. The van der Waals surface area contributed by atoms with Crippen molar-refractivity contribution in [2.75, 3.05) is 32.9 Å². The fourth-order valence-corrected chi connectivity index (χ4v) is 2.19. The molecule has 2 aliphatic heterocycles. The van der Waals surface area contributed by atoms with E-state index >= 15 is 0 Å². The Morgan fingerprint density at radius 3 is 2.93 bits per heavy atom. The Bertz CT molecular complexity index is 133. The van der Waals surface area contributed by atoms with E-state index in [1.165, 1.54) is 25.7 Å². The molecule has 0 aliphatic carbocycles. The molecule has 1 N–H and O–H groups in total. The molecular formula is C11H21NO2. The van der Waals surface area contributed by atoms with Gasteiger partial charge in [-0.15, -0.1) is 0 Å². The van der Waals surface area contributed by atoms with Crippen LogP contribution in [-0.2, 0) is 9.47 Å². The molecule has 0 aromatic heterocycles. The van der Waals surface area contributed by atoms with E-state index in [4.69, 9.17) is 9.47 Å². The minimum Gasteiger partial charge on any atom is -0.381 e. The van der Waals surface area contributed by atoms with Crippen molar-refractivity contribution in [3.8, 4) is 0 Å². The Labute approximate surface area is 86.2 Å². The molecule has 0 spiro atoms. The Morgan fingerprint density at radius 1 is 1.21 bits per heavy atom. The molecule has 2 unspecified atom stereocenters. The molecule has 14 heavy (non-hydrogen) atoms. The van der Waals surface area contributed by atoms with Crippen LogP contribution in [0.4, 0.5) is 0 Å². The lowest BCUT2D eigenvalue weighted by Crippen LogP contribution is -2.28. The van der Waals surface area contributed by atoms with E-state index < -0.39 is 0 Å². The van der Waals surface area contributed by atoms with Gasteiger partial charge in [-0.3, -0.25) is 0 Å². The Kier molecular flexibility index (Phi) is 4.22. The Balaban J connectivity index is 1.46. The fraction of sp³-hybridized carbons (Fsp3) is 1.00. The van der Waals surface area contributed by atoms with E-state index in [-0.39, 0.29) is 0 Å². The van der Waals surface area contributed by atoms with Crippen LogP contribution in [0.15, 0.2) is 0 Å². The molecule has 0 aromatic carbocycles. The van der Waals surface area contributed by atoms with E-state index in [0.29, 0.717) is 6.10 Å². The topological polar surface area (TPSA) is 30.5 Å². The monoisotopic (exact) mass is 199 g/mol. The van der Waals surface area contributed by atoms with Crippen molar-refractivity contribution in [3.63, 3.8) is 0 Å². The zero-order valence-electron chi connectivity index (χ0n) is 8.84. The van der Waals surface area contributed by atoms with Gasteiger partial charge in [0.05, 0.1) is 6.10 Å². The van der Waals surface area contributed by atoms with E-state index in [1.54, 1.807) is 0 Å². The van der Waals surface area contributed by atoms with Gasteiger partial charge in [-0.1, -0.05) is 0 Å². The SMILES string of the molecule is C1COC(CNCCC2CCOC2)C1. The van der Waals surface area contributed by atoms with Crippen molar-refractivity contribution >= 4 is 0 Å². The summed E-state index contributed by atoms with van der Waals surface area (Å²) in [4.78, 5) is 0. The van der Waals surface area contributed by atoms with Gasteiger partial charge in [-0.25, -0.2) is 0 Å². The lowest BCUT2D eigenvalue weighted by Gasteiger charge is -2.12. The number of nitrogens with one attached hydrogen (secondary N) is 1. The van der Waals surface area contributed by atoms with Crippen LogP contribution in [0.3, 0.4) is 0 Å². The van der Waals surface area contributed by atoms with E-state index in [0.717, 1.165) is 38.8 Å². The molecule has 3 nitrogen and oxygen atoms in total. The molecule has 0 aromatic rings. The normalized spacial score (nSPS) is 32.6.